The van der Waals surface area contributed by atoms with Gasteiger partial charge in [0, 0.05) is 17.5 Å². The van der Waals surface area contributed by atoms with E-state index >= 15 is 0 Å². The van der Waals surface area contributed by atoms with E-state index in [2.05, 4.69) is 13.8 Å². The molecule has 3 unspecified atom stereocenters. The zero-order valence-corrected chi connectivity index (χ0v) is 11.9. The zero-order chi connectivity index (χ0) is 13.9. The summed E-state index contributed by atoms with van der Waals surface area (Å²) in [6.45, 7) is 5.35. The summed E-state index contributed by atoms with van der Waals surface area (Å²) in [7, 11) is 0. The molecule has 19 heavy (non-hydrogen) atoms. The minimum Gasteiger partial charge on any atom is -0.493 e. The average molecular weight is 263 g/mol. The predicted molar refractivity (Wildman–Crippen MR) is 77.4 cm³/mol. The van der Waals surface area contributed by atoms with Crippen LogP contribution in [0.25, 0.3) is 0 Å². The normalized spacial score (nSPS) is 25.3. The van der Waals surface area contributed by atoms with Gasteiger partial charge >= 0.3 is 0 Å². The van der Waals surface area contributed by atoms with E-state index in [0.29, 0.717) is 13.2 Å². The van der Waals surface area contributed by atoms with Crippen molar-refractivity contribution in [1.82, 2.24) is 0 Å². The smallest absolute Gasteiger partial charge is 0.123 e. The van der Waals surface area contributed by atoms with Crippen LogP contribution in [0, 0.1) is 5.92 Å². The molecule has 0 saturated carbocycles. The van der Waals surface area contributed by atoms with E-state index in [1.807, 2.05) is 24.3 Å². The van der Waals surface area contributed by atoms with Crippen LogP contribution in [0.15, 0.2) is 24.3 Å². The van der Waals surface area contributed by atoms with Gasteiger partial charge in [-0.05, 0) is 24.8 Å². The molecule has 1 aromatic rings. The minimum atomic E-state index is -0.414. The van der Waals surface area contributed by atoms with Crippen molar-refractivity contribution in [3.8, 4) is 5.75 Å². The van der Waals surface area contributed by atoms with Crippen molar-refractivity contribution in [2.45, 2.75) is 44.6 Å². The van der Waals surface area contributed by atoms with Gasteiger partial charge in [0.25, 0.3) is 0 Å². The molecule has 0 amide bonds. The Bertz CT molecular complexity index is 421. The molecule has 1 heterocycles. The van der Waals surface area contributed by atoms with Crippen LogP contribution in [-0.4, -0.2) is 24.4 Å². The highest BCUT2D eigenvalue weighted by Gasteiger charge is 2.44. The molecule has 0 aromatic heterocycles. The fraction of sp³-hybridized carbons (Fsp3) is 0.625. The van der Waals surface area contributed by atoms with Crippen molar-refractivity contribution in [3.63, 3.8) is 0 Å². The quantitative estimate of drug-likeness (QED) is 0.858. The maximum Gasteiger partial charge on any atom is 0.123 e. The summed E-state index contributed by atoms with van der Waals surface area (Å²) in [5.74, 6) is 1.13. The van der Waals surface area contributed by atoms with Crippen LogP contribution in [0.1, 0.15) is 38.7 Å². The maximum atomic E-state index is 10.8. The van der Waals surface area contributed by atoms with Crippen LogP contribution in [0.5, 0.6) is 5.75 Å². The van der Waals surface area contributed by atoms with Gasteiger partial charge in [-0.3, -0.25) is 0 Å². The van der Waals surface area contributed by atoms with E-state index < -0.39 is 6.10 Å². The van der Waals surface area contributed by atoms with Crippen molar-refractivity contribution < 1.29 is 9.84 Å². The van der Waals surface area contributed by atoms with Crippen LogP contribution >= 0.6 is 0 Å². The molecular formula is C16H25NO2. The lowest BCUT2D eigenvalue weighted by Crippen LogP contribution is -2.51. The Balaban J connectivity index is 2.38. The summed E-state index contributed by atoms with van der Waals surface area (Å²) >= 11 is 0. The summed E-state index contributed by atoms with van der Waals surface area (Å²) in [5.41, 5.74) is 6.78. The minimum absolute atomic E-state index is 0.250. The third-order valence-electron chi connectivity index (χ3n) is 4.44. The second kappa shape index (κ2) is 5.93. The molecule has 0 aliphatic carbocycles. The Morgan fingerprint density at radius 2 is 2.16 bits per heavy atom. The number of hydrogen-bond donors (Lipinski definition) is 2. The maximum absolute atomic E-state index is 10.8. The van der Waals surface area contributed by atoms with Crippen LogP contribution in [0.3, 0.4) is 0 Å². The molecular weight excluding hydrogens is 238 g/mol. The molecule has 0 saturated heterocycles. The van der Waals surface area contributed by atoms with Gasteiger partial charge in [0.2, 0.25) is 0 Å². The largest absolute Gasteiger partial charge is 0.493 e. The molecule has 3 nitrogen and oxygen atoms in total. The van der Waals surface area contributed by atoms with Gasteiger partial charge in [-0.1, -0.05) is 38.5 Å². The van der Waals surface area contributed by atoms with Gasteiger partial charge in [-0.15, -0.1) is 0 Å². The van der Waals surface area contributed by atoms with Crippen LogP contribution in [0.4, 0.5) is 0 Å². The number of aliphatic hydroxyl groups is 1. The molecule has 2 rings (SSSR count). The molecule has 3 atom stereocenters. The van der Waals surface area contributed by atoms with Gasteiger partial charge in [-0.25, -0.2) is 0 Å². The summed E-state index contributed by atoms with van der Waals surface area (Å²) in [4.78, 5) is 0. The number of fused-ring (bicyclic) bond motifs is 1. The SMILES string of the molecule is CCCC(C)C(O)C1(CN)CCOc2ccccc21. The first-order chi connectivity index (χ1) is 9.15. The first-order valence-electron chi connectivity index (χ1n) is 7.26. The number of para-hydroxylation sites is 1. The summed E-state index contributed by atoms with van der Waals surface area (Å²) < 4.78 is 5.70. The van der Waals surface area contributed by atoms with E-state index in [1.54, 1.807) is 0 Å². The molecule has 1 aromatic carbocycles. The van der Waals surface area contributed by atoms with Gasteiger partial charge in [0.15, 0.2) is 0 Å². The average Bonchev–Trinajstić information content (AvgIpc) is 2.46. The molecule has 3 N–H and O–H groups in total. The summed E-state index contributed by atoms with van der Waals surface area (Å²) in [6.07, 6.45) is 2.47. The molecule has 1 aliphatic rings. The Labute approximate surface area is 115 Å². The molecule has 106 valence electrons. The zero-order valence-electron chi connectivity index (χ0n) is 11.9. The Kier molecular flexibility index (Phi) is 4.48. The Morgan fingerprint density at radius 1 is 1.42 bits per heavy atom. The number of rotatable bonds is 5. The van der Waals surface area contributed by atoms with Crippen molar-refractivity contribution in [1.29, 1.82) is 0 Å². The van der Waals surface area contributed by atoms with E-state index in [0.717, 1.165) is 30.6 Å². The number of aliphatic hydroxyl groups excluding tert-OH is 1. The number of benzene rings is 1. The number of hydrogen-bond acceptors (Lipinski definition) is 3. The van der Waals surface area contributed by atoms with E-state index in [1.165, 1.54) is 0 Å². The molecule has 0 spiro atoms. The number of ether oxygens (including phenoxy) is 1. The first-order valence-corrected chi connectivity index (χ1v) is 7.26. The molecule has 3 heteroatoms. The molecule has 0 radical (unpaired) electrons. The van der Waals surface area contributed by atoms with Gasteiger partial charge in [0.1, 0.15) is 5.75 Å². The highest BCUT2D eigenvalue weighted by atomic mass is 16.5. The standard InChI is InChI=1S/C16H25NO2/c1-3-6-12(2)15(18)16(11-17)9-10-19-14-8-5-4-7-13(14)16/h4-5,7-8,12,15,18H,3,6,9-11,17H2,1-2H3. The van der Waals surface area contributed by atoms with Gasteiger partial charge in [-0.2, -0.15) is 0 Å². The van der Waals surface area contributed by atoms with Gasteiger partial charge < -0.3 is 15.6 Å². The topological polar surface area (TPSA) is 55.5 Å². The molecule has 0 bridgehead atoms. The Morgan fingerprint density at radius 3 is 2.84 bits per heavy atom. The van der Waals surface area contributed by atoms with Crippen molar-refractivity contribution in [2.75, 3.05) is 13.2 Å². The fourth-order valence-electron chi connectivity index (χ4n) is 3.28. The monoisotopic (exact) mass is 263 g/mol. The molecule has 0 fully saturated rings. The predicted octanol–water partition coefficient (Wildman–Crippen LogP) is 2.46. The van der Waals surface area contributed by atoms with Crippen molar-refractivity contribution in [2.24, 2.45) is 11.7 Å². The third-order valence-corrected chi connectivity index (χ3v) is 4.44. The molecule has 1 aliphatic heterocycles. The lowest BCUT2D eigenvalue weighted by molar-refractivity contribution is 0.0128. The second-order valence-electron chi connectivity index (χ2n) is 5.67. The second-order valence-corrected chi connectivity index (χ2v) is 5.67. The van der Waals surface area contributed by atoms with Gasteiger partial charge in [0.05, 0.1) is 12.7 Å². The first kappa shape index (κ1) is 14.4. The fourth-order valence-corrected chi connectivity index (χ4v) is 3.28. The van der Waals surface area contributed by atoms with Crippen molar-refractivity contribution in [3.05, 3.63) is 29.8 Å². The van der Waals surface area contributed by atoms with Crippen LogP contribution < -0.4 is 10.5 Å². The lowest BCUT2D eigenvalue weighted by Gasteiger charge is -2.43. The highest BCUT2D eigenvalue weighted by molar-refractivity contribution is 5.43. The highest BCUT2D eigenvalue weighted by Crippen LogP contribution is 2.43. The lowest BCUT2D eigenvalue weighted by atomic mass is 9.67. The number of nitrogens with two attached hydrogens (primary N) is 1. The Hall–Kier alpha value is -1.06. The van der Waals surface area contributed by atoms with E-state index in [-0.39, 0.29) is 11.3 Å². The third kappa shape index (κ3) is 2.49. The van der Waals surface area contributed by atoms with Crippen molar-refractivity contribution >= 4 is 0 Å². The summed E-state index contributed by atoms with van der Waals surface area (Å²) in [6, 6.07) is 7.97. The van der Waals surface area contributed by atoms with E-state index in [9.17, 15) is 5.11 Å². The van der Waals surface area contributed by atoms with E-state index in [4.69, 9.17) is 10.5 Å². The summed E-state index contributed by atoms with van der Waals surface area (Å²) in [5, 5.41) is 10.8. The van der Waals surface area contributed by atoms with Crippen LogP contribution in [-0.2, 0) is 5.41 Å². The van der Waals surface area contributed by atoms with Crippen LogP contribution in [0.2, 0.25) is 0 Å².